The van der Waals surface area contributed by atoms with E-state index >= 15 is 0 Å². The van der Waals surface area contributed by atoms with E-state index < -0.39 is 11.8 Å². The summed E-state index contributed by atoms with van der Waals surface area (Å²) < 4.78 is 23.8. The summed E-state index contributed by atoms with van der Waals surface area (Å²) in [6.45, 7) is -0.0571. The quantitative estimate of drug-likeness (QED) is 0.909. The summed E-state index contributed by atoms with van der Waals surface area (Å²) in [5, 5.41) is 8.99. The molecule has 0 aliphatic carbocycles. The molecule has 0 atom stereocenters. The van der Waals surface area contributed by atoms with E-state index in [1.807, 2.05) is 0 Å². The molecular formula is C14H12FNO4. The summed E-state index contributed by atoms with van der Waals surface area (Å²) in [6.07, 6.45) is 0. The molecule has 0 spiro atoms. The molecule has 0 bridgehead atoms. The Morgan fingerprint density at radius 3 is 2.75 bits per heavy atom. The zero-order valence-electron chi connectivity index (χ0n) is 10.7. The summed E-state index contributed by atoms with van der Waals surface area (Å²) in [5.41, 5.74) is 0.275. The highest BCUT2D eigenvalue weighted by atomic mass is 19.1. The second-order valence-electron chi connectivity index (χ2n) is 3.88. The fourth-order valence-corrected chi connectivity index (χ4v) is 1.62. The topological polar surface area (TPSA) is 68.7 Å². The predicted octanol–water partition coefficient (Wildman–Crippen LogP) is 2.51. The molecule has 0 unspecified atom stereocenters. The summed E-state index contributed by atoms with van der Waals surface area (Å²) in [6, 6.07) is 8.78. The van der Waals surface area contributed by atoms with Crippen molar-refractivity contribution in [1.82, 2.24) is 4.98 Å². The van der Waals surface area contributed by atoms with Gasteiger partial charge in [0.05, 0.1) is 12.8 Å². The Hall–Kier alpha value is -2.63. The predicted molar refractivity (Wildman–Crippen MR) is 68.5 cm³/mol. The zero-order valence-corrected chi connectivity index (χ0v) is 10.7. The summed E-state index contributed by atoms with van der Waals surface area (Å²) in [5.74, 6) is -1.88. The molecule has 6 heteroatoms. The van der Waals surface area contributed by atoms with Crippen LogP contribution in [-0.2, 0) is 6.61 Å². The van der Waals surface area contributed by atoms with E-state index in [4.69, 9.17) is 14.6 Å². The molecule has 0 saturated heterocycles. The number of halogens is 1. The van der Waals surface area contributed by atoms with Gasteiger partial charge in [-0.05, 0) is 18.2 Å². The molecule has 1 heterocycles. The SMILES string of the molecule is COc1cccc(COc2c(F)cccc2C(=O)O)n1. The number of ether oxygens (including phenoxy) is 2. The molecule has 5 nitrogen and oxygen atoms in total. The number of hydrogen-bond donors (Lipinski definition) is 1. The van der Waals surface area contributed by atoms with Crippen LogP contribution in [0.4, 0.5) is 4.39 Å². The molecule has 2 rings (SSSR count). The lowest BCUT2D eigenvalue weighted by Gasteiger charge is -2.10. The summed E-state index contributed by atoms with van der Waals surface area (Å²) in [7, 11) is 1.48. The number of aromatic nitrogens is 1. The molecule has 0 fully saturated rings. The van der Waals surface area contributed by atoms with Crippen molar-refractivity contribution in [3.63, 3.8) is 0 Å². The fraction of sp³-hybridized carbons (Fsp3) is 0.143. The van der Waals surface area contributed by atoms with Crippen molar-refractivity contribution in [2.75, 3.05) is 7.11 Å². The first-order valence-electron chi connectivity index (χ1n) is 5.76. The van der Waals surface area contributed by atoms with Gasteiger partial charge in [0, 0.05) is 6.07 Å². The van der Waals surface area contributed by atoms with Crippen molar-refractivity contribution < 1.29 is 23.8 Å². The Labute approximate surface area is 114 Å². The molecule has 1 aromatic heterocycles. The van der Waals surface area contributed by atoms with Crippen LogP contribution in [0.25, 0.3) is 0 Å². The van der Waals surface area contributed by atoms with E-state index in [1.54, 1.807) is 18.2 Å². The maximum Gasteiger partial charge on any atom is 0.339 e. The van der Waals surface area contributed by atoms with E-state index in [1.165, 1.54) is 19.2 Å². The van der Waals surface area contributed by atoms with Gasteiger partial charge >= 0.3 is 5.97 Å². The highest BCUT2D eigenvalue weighted by molar-refractivity contribution is 5.90. The number of nitrogens with zero attached hydrogens (tertiary/aromatic N) is 1. The second-order valence-corrected chi connectivity index (χ2v) is 3.88. The first-order chi connectivity index (χ1) is 9.61. The van der Waals surface area contributed by atoms with Crippen LogP contribution in [0.1, 0.15) is 16.1 Å². The van der Waals surface area contributed by atoms with Crippen molar-refractivity contribution >= 4 is 5.97 Å². The number of methoxy groups -OCH3 is 1. The number of benzene rings is 1. The van der Waals surface area contributed by atoms with Crippen molar-refractivity contribution in [1.29, 1.82) is 0 Å². The van der Waals surface area contributed by atoms with Crippen LogP contribution in [0.2, 0.25) is 0 Å². The monoisotopic (exact) mass is 277 g/mol. The van der Waals surface area contributed by atoms with E-state index in [9.17, 15) is 9.18 Å². The van der Waals surface area contributed by atoms with Crippen molar-refractivity contribution in [2.45, 2.75) is 6.61 Å². The van der Waals surface area contributed by atoms with Gasteiger partial charge in [0.15, 0.2) is 11.6 Å². The maximum absolute atomic E-state index is 13.6. The molecular weight excluding hydrogens is 265 g/mol. The third kappa shape index (κ3) is 3.03. The molecule has 0 amide bonds. The molecule has 2 aromatic rings. The van der Waals surface area contributed by atoms with Gasteiger partial charge in [-0.15, -0.1) is 0 Å². The number of aromatic carboxylic acids is 1. The zero-order chi connectivity index (χ0) is 14.5. The lowest BCUT2D eigenvalue weighted by Crippen LogP contribution is -2.06. The van der Waals surface area contributed by atoms with Crippen LogP contribution in [0.5, 0.6) is 11.6 Å². The minimum Gasteiger partial charge on any atom is -0.483 e. The number of para-hydroxylation sites is 1. The van der Waals surface area contributed by atoms with Gasteiger partial charge in [0.2, 0.25) is 5.88 Å². The molecule has 104 valence electrons. The van der Waals surface area contributed by atoms with Crippen LogP contribution < -0.4 is 9.47 Å². The second kappa shape index (κ2) is 6.01. The van der Waals surface area contributed by atoms with Gasteiger partial charge in [-0.1, -0.05) is 12.1 Å². The van der Waals surface area contributed by atoms with Crippen LogP contribution in [-0.4, -0.2) is 23.2 Å². The third-order valence-corrected chi connectivity index (χ3v) is 2.55. The molecule has 1 aromatic carbocycles. The number of pyridine rings is 1. The first kappa shape index (κ1) is 13.8. The van der Waals surface area contributed by atoms with E-state index in [0.29, 0.717) is 11.6 Å². The smallest absolute Gasteiger partial charge is 0.339 e. The van der Waals surface area contributed by atoms with Crippen molar-refractivity contribution in [3.8, 4) is 11.6 Å². The summed E-state index contributed by atoms with van der Waals surface area (Å²) in [4.78, 5) is 15.1. The van der Waals surface area contributed by atoms with Crippen molar-refractivity contribution in [3.05, 3.63) is 53.5 Å². The standard InChI is InChI=1S/C14H12FNO4/c1-19-12-7-2-4-9(16-12)8-20-13-10(14(17)18)5-3-6-11(13)15/h2-7H,8H2,1H3,(H,17,18). The number of rotatable bonds is 5. The van der Waals surface area contributed by atoms with E-state index in [-0.39, 0.29) is 17.9 Å². The summed E-state index contributed by atoms with van der Waals surface area (Å²) >= 11 is 0. The van der Waals surface area contributed by atoms with Crippen LogP contribution in [0.3, 0.4) is 0 Å². The van der Waals surface area contributed by atoms with Crippen LogP contribution >= 0.6 is 0 Å². The van der Waals surface area contributed by atoms with Gasteiger partial charge < -0.3 is 14.6 Å². The Morgan fingerprint density at radius 2 is 2.05 bits per heavy atom. The van der Waals surface area contributed by atoms with Gasteiger partial charge in [0.1, 0.15) is 12.2 Å². The highest BCUT2D eigenvalue weighted by Gasteiger charge is 2.15. The third-order valence-electron chi connectivity index (χ3n) is 2.55. The Morgan fingerprint density at radius 1 is 1.30 bits per heavy atom. The van der Waals surface area contributed by atoms with E-state index in [2.05, 4.69) is 4.98 Å². The molecule has 0 saturated carbocycles. The minimum absolute atomic E-state index is 0.0571. The highest BCUT2D eigenvalue weighted by Crippen LogP contribution is 2.23. The molecule has 0 radical (unpaired) electrons. The van der Waals surface area contributed by atoms with Crippen molar-refractivity contribution in [2.24, 2.45) is 0 Å². The number of carboxylic acid groups (broad SMARTS) is 1. The van der Waals surface area contributed by atoms with Crippen LogP contribution in [0.15, 0.2) is 36.4 Å². The Kier molecular flexibility index (Phi) is 4.14. The molecule has 1 N–H and O–H groups in total. The number of carbonyl (C=O) groups is 1. The first-order valence-corrected chi connectivity index (χ1v) is 5.76. The largest absolute Gasteiger partial charge is 0.483 e. The lowest BCUT2D eigenvalue weighted by molar-refractivity contribution is 0.0690. The number of hydrogen-bond acceptors (Lipinski definition) is 4. The lowest BCUT2D eigenvalue weighted by atomic mass is 10.2. The Balaban J connectivity index is 2.20. The molecule has 20 heavy (non-hydrogen) atoms. The van der Waals surface area contributed by atoms with Gasteiger partial charge in [-0.25, -0.2) is 14.2 Å². The average molecular weight is 277 g/mol. The Bertz CT molecular complexity index is 630. The van der Waals surface area contributed by atoms with Gasteiger partial charge in [-0.2, -0.15) is 0 Å². The van der Waals surface area contributed by atoms with Crippen LogP contribution in [0, 0.1) is 5.82 Å². The van der Waals surface area contributed by atoms with Gasteiger partial charge in [-0.3, -0.25) is 0 Å². The van der Waals surface area contributed by atoms with E-state index in [0.717, 1.165) is 6.07 Å². The molecule has 0 aliphatic heterocycles. The average Bonchev–Trinajstić information content (AvgIpc) is 2.45. The van der Waals surface area contributed by atoms with Gasteiger partial charge in [0.25, 0.3) is 0 Å². The maximum atomic E-state index is 13.6. The molecule has 0 aliphatic rings. The fourth-order valence-electron chi connectivity index (χ4n) is 1.62. The minimum atomic E-state index is -1.25. The normalized spacial score (nSPS) is 10.1. The number of carboxylic acids is 1.